The van der Waals surface area contributed by atoms with Gasteiger partial charge in [-0.1, -0.05) is 47.5 Å². The minimum Gasteiger partial charge on any atom is -0.294 e. The molecule has 0 radical (unpaired) electrons. The summed E-state index contributed by atoms with van der Waals surface area (Å²) in [6, 6.07) is 16.4. The first kappa shape index (κ1) is 13.5. The maximum absolute atomic E-state index is 12.1. The fraction of sp³-hybridized carbons (Fsp3) is 0.278. The summed E-state index contributed by atoms with van der Waals surface area (Å²) in [7, 11) is 0. The van der Waals surface area contributed by atoms with Crippen molar-refractivity contribution in [3.63, 3.8) is 0 Å². The highest BCUT2D eigenvalue weighted by Crippen LogP contribution is 2.13. The van der Waals surface area contributed by atoms with Crippen molar-refractivity contribution in [1.29, 1.82) is 0 Å². The molecule has 0 aromatic heterocycles. The van der Waals surface area contributed by atoms with E-state index in [1.807, 2.05) is 44.2 Å². The second-order valence-corrected chi connectivity index (χ2v) is 5.14. The van der Waals surface area contributed by atoms with Crippen LogP contribution in [0, 0.1) is 13.8 Å². The van der Waals surface area contributed by atoms with Crippen molar-refractivity contribution in [2.75, 3.05) is 0 Å². The van der Waals surface area contributed by atoms with Crippen LogP contribution in [0.2, 0.25) is 0 Å². The lowest BCUT2D eigenvalue weighted by Gasteiger charge is -2.05. The number of carbonyl (C=O) groups is 1. The summed E-state index contributed by atoms with van der Waals surface area (Å²) < 4.78 is 0. The molecule has 0 heterocycles. The number of aryl methyl sites for hydroxylation is 3. The highest BCUT2D eigenvalue weighted by atomic mass is 16.1. The van der Waals surface area contributed by atoms with Gasteiger partial charge in [0.15, 0.2) is 5.78 Å². The molecule has 0 saturated carbocycles. The molecule has 0 aliphatic carbocycles. The Kier molecular flexibility index (Phi) is 4.51. The molecule has 0 bridgehead atoms. The van der Waals surface area contributed by atoms with Gasteiger partial charge in [-0.25, -0.2) is 0 Å². The fourth-order valence-corrected chi connectivity index (χ4v) is 2.38. The number of benzene rings is 2. The Bertz CT molecular complexity index is 535. The third kappa shape index (κ3) is 4.06. The fourth-order valence-electron chi connectivity index (χ4n) is 2.38. The van der Waals surface area contributed by atoms with E-state index in [4.69, 9.17) is 0 Å². The standard InChI is InChI=1S/C18H20O/c1-14-11-15(2)13-17(12-14)18(19)10-6-9-16-7-4-3-5-8-16/h3-5,7-8,11-13H,6,9-10H2,1-2H3. The summed E-state index contributed by atoms with van der Waals surface area (Å²) in [5.74, 6) is 0.253. The van der Waals surface area contributed by atoms with Crippen LogP contribution in [0.1, 0.15) is 39.9 Å². The van der Waals surface area contributed by atoms with Gasteiger partial charge in [-0.15, -0.1) is 0 Å². The minimum atomic E-state index is 0.253. The first-order valence-corrected chi connectivity index (χ1v) is 6.80. The molecule has 0 atom stereocenters. The minimum absolute atomic E-state index is 0.253. The van der Waals surface area contributed by atoms with Crippen LogP contribution >= 0.6 is 0 Å². The van der Waals surface area contributed by atoms with Gasteiger partial charge in [0, 0.05) is 12.0 Å². The van der Waals surface area contributed by atoms with E-state index >= 15 is 0 Å². The molecule has 2 aromatic rings. The second kappa shape index (κ2) is 6.33. The lowest BCUT2D eigenvalue weighted by molar-refractivity contribution is 0.0980. The van der Waals surface area contributed by atoms with Gasteiger partial charge >= 0.3 is 0 Å². The van der Waals surface area contributed by atoms with Crippen LogP contribution in [0.3, 0.4) is 0 Å². The zero-order valence-electron chi connectivity index (χ0n) is 11.6. The van der Waals surface area contributed by atoms with E-state index in [9.17, 15) is 4.79 Å². The molecule has 0 aliphatic rings. The average Bonchev–Trinajstić information content (AvgIpc) is 2.38. The zero-order valence-corrected chi connectivity index (χ0v) is 11.6. The van der Waals surface area contributed by atoms with Crippen LogP contribution in [0.4, 0.5) is 0 Å². The first-order valence-electron chi connectivity index (χ1n) is 6.80. The molecule has 1 nitrogen and oxygen atoms in total. The molecular formula is C18H20O. The van der Waals surface area contributed by atoms with Gasteiger partial charge < -0.3 is 0 Å². The third-order valence-electron chi connectivity index (χ3n) is 3.26. The third-order valence-corrected chi connectivity index (χ3v) is 3.26. The number of rotatable bonds is 5. The molecule has 0 fully saturated rings. The quantitative estimate of drug-likeness (QED) is 0.716. The molecule has 0 spiro atoms. The molecule has 1 heteroatoms. The Morgan fingerprint density at radius 1 is 0.947 bits per heavy atom. The van der Waals surface area contributed by atoms with Gasteiger partial charge in [0.2, 0.25) is 0 Å². The van der Waals surface area contributed by atoms with Crippen molar-refractivity contribution < 1.29 is 4.79 Å². The van der Waals surface area contributed by atoms with E-state index in [2.05, 4.69) is 18.2 Å². The van der Waals surface area contributed by atoms with Crippen molar-refractivity contribution in [3.05, 3.63) is 70.8 Å². The van der Waals surface area contributed by atoms with Gasteiger partial charge in [-0.05, 0) is 44.4 Å². The lowest BCUT2D eigenvalue weighted by Crippen LogP contribution is -2.01. The normalized spacial score (nSPS) is 10.4. The van der Waals surface area contributed by atoms with Gasteiger partial charge in [-0.2, -0.15) is 0 Å². The number of carbonyl (C=O) groups excluding carboxylic acids is 1. The predicted molar refractivity (Wildman–Crippen MR) is 79.6 cm³/mol. The van der Waals surface area contributed by atoms with Crippen LogP contribution in [-0.4, -0.2) is 5.78 Å². The largest absolute Gasteiger partial charge is 0.294 e. The van der Waals surface area contributed by atoms with E-state index in [-0.39, 0.29) is 5.78 Å². The van der Waals surface area contributed by atoms with Crippen molar-refractivity contribution in [2.24, 2.45) is 0 Å². The summed E-state index contributed by atoms with van der Waals surface area (Å²) in [4.78, 5) is 12.1. The SMILES string of the molecule is Cc1cc(C)cc(C(=O)CCCc2ccccc2)c1. The van der Waals surface area contributed by atoms with Gasteiger partial charge in [0.25, 0.3) is 0 Å². The summed E-state index contributed by atoms with van der Waals surface area (Å²) in [6.07, 6.45) is 2.50. The van der Waals surface area contributed by atoms with E-state index in [0.717, 1.165) is 29.5 Å². The summed E-state index contributed by atoms with van der Waals surface area (Å²) in [6.45, 7) is 4.07. The molecular weight excluding hydrogens is 232 g/mol. The highest BCUT2D eigenvalue weighted by molar-refractivity contribution is 5.96. The molecule has 0 unspecified atom stereocenters. The molecule has 0 saturated heterocycles. The van der Waals surface area contributed by atoms with Crippen LogP contribution in [0.15, 0.2) is 48.5 Å². The summed E-state index contributed by atoms with van der Waals surface area (Å²) in [5, 5.41) is 0. The highest BCUT2D eigenvalue weighted by Gasteiger charge is 2.06. The summed E-state index contributed by atoms with van der Waals surface area (Å²) >= 11 is 0. The van der Waals surface area contributed by atoms with Crippen LogP contribution in [0.5, 0.6) is 0 Å². The van der Waals surface area contributed by atoms with Crippen molar-refractivity contribution in [1.82, 2.24) is 0 Å². The lowest BCUT2D eigenvalue weighted by atomic mass is 9.99. The predicted octanol–water partition coefficient (Wildman–Crippen LogP) is 4.51. The van der Waals surface area contributed by atoms with Crippen LogP contribution < -0.4 is 0 Å². The number of hydrogen-bond acceptors (Lipinski definition) is 1. The topological polar surface area (TPSA) is 17.1 Å². The number of hydrogen-bond donors (Lipinski definition) is 0. The van der Waals surface area contributed by atoms with Crippen molar-refractivity contribution in [3.8, 4) is 0 Å². The van der Waals surface area contributed by atoms with Gasteiger partial charge in [0.05, 0.1) is 0 Å². The van der Waals surface area contributed by atoms with E-state index in [1.54, 1.807) is 0 Å². The Morgan fingerprint density at radius 3 is 2.21 bits per heavy atom. The number of Topliss-reactive ketones (excluding diaryl/α,β-unsaturated/α-hetero) is 1. The average molecular weight is 252 g/mol. The van der Waals surface area contributed by atoms with Gasteiger partial charge in [0.1, 0.15) is 0 Å². The molecule has 98 valence electrons. The zero-order chi connectivity index (χ0) is 13.7. The molecule has 0 N–H and O–H groups in total. The Balaban J connectivity index is 1.91. The second-order valence-electron chi connectivity index (χ2n) is 5.14. The van der Waals surface area contributed by atoms with Crippen molar-refractivity contribution >= 4 is 5.78 Å². The maximum Gasteiger partial charge on any atom is 0.162 e. The van der Waals surface area contributed by atoms with Gasteiger partial charge in [-0.3, -0.25) is 4.79 Å². The first-order chi connectivity index (χ1) is 9.15. The van der Waals surface area contributed by atoms with Crippen LogP contribution in [0.25, 0.3) is 0 Å². The smallest absolute Gasteiger partial charge is 0.162 e. The molecule has 0 aliphatic heterocycles. The molecule has 0 amide bonds. The molecule has 2 rings (SSSR count). The van der Waals surface area contributed by atoms with E-state index < -0.39 is 0 Å². The monoisotopic (exact) mass is 252 g/mol. The summed E-state index contributed by atoms with van der Waals surface area (Å²) in [5.41, 5.74) is 4.47. The Hall–Kier alpha value is -1.89. The van der Waals surface area contributed by atoms with Crippen LogP contribution in [-0.2, 0) is 6.42 Å². The molecule has 19 heavy (non-hydrogen) atoms. The molecule has 2 aromatic carbocycles. The number of ketones is 1. The Labute approximate surface area is 115 Å². The maximum atomic E-state index is 12.1. The van der Waals surface area contributed by atoms with E-state index in [1.165, 1.54) is 5.56 Å². The van der Waals surface area contributed by atoms with Crippen molar-refractivity contribution in [2.45, 2.75) is 33.1 Å². The Morgan fingerprint density at radius 2 is 1.58 bits per heavy atom. The van der Waals surface area contributed by atoms with E-state index in [0.29, 0.717) is 6.42 Å².